The minimum atomic E-state index is -0.417. The van der Waals surface area contributed by atoms with Gasteiger partial charge in [0.25, 0.3) is 0 Å². The van der Waals surface area contributed by atoms with E-state index in [0.29, 0.717) is 0 Å². The molecular formula is C67H44N2. The van der Waals surface area contributed by atoms with Crippen LogP contribution in [0.1, 0.15) is 22.3 Å². The molecule has 0 unspecified atom stereocenters. The summed E-state index contributed by atoms with van der Waals surface area (Å²) in [5.41, 5.74) is 24.3. The van der Waals surface area contributed by atoms with E-state index in [-0.39, 0.29) is 0 Å². The van der Waals surface area contributed by atoms with Crippen molar-refractivity contribution >= 4 is 38.9 Å². The van der Waals surface area contributed by atoms with Crippen LogP contribution >= 0.6 is 0 Å². The van der Waals surface area contributed by atoms with Crippen LogP contribution in [0.15, 0.2) is 267 Å². The zero-order valence-corrected chi connectivity index (χ0v) is 37.8. The van der Waals surface area contributed by atoms with Gasteiger partial charge in [0.2, 0.25) is 0 Å². The summed E-state index contributed by atoms with van der Waals surface area (Å²) in [7, 11) is 0. The second-order valence-electron chi connectivity index (χ2n) is 18.4. The normalized spacial score (nSPS) is 12.8. The molecule has 2 aliphatic rings. The minimum Gasteiger partial charge on any atom is -0.311 e. The monoisotopic (exact) mass is 876 g/mol. The van der Waals surface area contributed by atoms with E-state index in [2.05, 4.69) is 276 Å². The van der Waals surface area contributed by atoms with Crippen molar-refractivity contribution in [2.75, 3.05) is 4.90 Å². The smallest absolute Gasteiger partial charge is 0.0726 e. The molecule has 0 fully saturated rings. The second kappa shape index (κ2) is 15.6. The number of hydrogen-bond donors (Lipinski definition) is 0. The lowest BCUT2D eigenvalue weighted by Crippen LogP contribution is -2.25. The zero-order valence-electron chi connectivity index (χ0n) is 37.8. The molecule has 0 amide bonds. The Labute approximate surface area is 402 Å². The van der Waals surface area contributed by atoms with Gasteiger partial charge in [0.05, 0.1) is 16.4 Å². The number of aromatic nitrogens is 1. The number of benzene rings is 11. The summed E-state index contributed by atoms with van der Waals surface area (Å²) in [5.74, 6) is 0. The summed E-state index contributed by atoms with van der Waals surface area (Å²) in [5, 5.41) is 2.49. The lowest BCUT2D eigenvalue weighted by atomic mass is 9.70. The van der Waals surface area contributed by atoms with Gasteiger partial charge in [0.1, 0.15) is 0 Å². The van der Waals surface area contributed by atoms with E-state index < -0.39 is 5.41 Å². The van der Waals surface area contributed by atoms with E-state index in [4.69, 9.17) is 0 Å². The Hall–Kier alpha value is -8.98. The molecule has 2 aliphatic carbocycles. The second-order valence-corrected chi connectivity index (χ2v) is 18.4. The van der Waals surface area contributed by atoms with Crippen molar-refractivity contribution in [3.05, 3.63) is 289 Å². The van der Waals surface area contributed by atoms with Crippen LogP contribution in [-0.2, 0) is 5.41 Å². The van der Waals surface area contributed by atoms with Crippen molar-refractivity contribution in [2.45, 2.75) is 5.41 Å². The van der Waals surface area contributed by atoms with Crippen LogP contribution in [0.4, 0.5) is 17.1 Å². The molecule has 1 spiro atoms. The molecule has 2 nitrogen and oxygen atoms in total. The molecule has 0 saturated heterocycles. The fraction of sp³-hybridized carbons (Fsp3) is 0.0149. The van der Waals surface area contributed by atoms with Gasteiger partial charge in [-0.25, -0.2) is 0 Å². The first-order valence-corrected chi connectivity index (χ1v) is 23.9. The van der Waals surface area contributed by atoms with Gasteiger partial charge in [0, 0.05) is 39.1 Å². The number of para-hydroxylation sites is 1. The Morgan fingerprint density at radius 3 is 1.22 bits per heavy atom. The SMILES string of the molecule is c1ccc(-c2ccc(N(c3ccc(-c4ccccc4)cc3)c3ccc(-c4ccc5c(c4)c4ccc6c(c4n5-c4ccccc4)-c4ccccc4C64c5ccccc5-c5ccccc54)cc3)cc2)cc1. The standard InChI is InChI=1S/C67H44N2/c1-4-16-45(17-5-1)47-28-35-52(36-29-47)68(53-37-30-48(31-38-53)46-18-6-2-7-19-46)54-39-32-49(33-40-54)50-34-43-64-59(44-50)57-41-42-63-65(66(57)69(64)51-20-8-3-9-21-51)58-24-12-15-27-62(58)67(63)60-25-13-10-22-55(60)56-23-11-14-26-61(56)67/h1-44H. The van der Waals surface area contributed by atoms with Crippen molar-refractivity contribution in [2.24, 2.45) is 0 Å². The molecule has 0 aliphatic heterocycles. The Morgan fingerprint density at radius 2 is 0.696 bits per heavy atom. The van der Waals surface area contributed by atoms with Crippen LogP contribution in [0.5, 0.6) is 0 Å². The molecule has 1 aromatic heterocycles. The first kappa shape index (κ1) is 39.2. The number of fused-ring (bicyclic) bond motifs is 14. The summed E-state index contributed by atoms with van der Waals surface area (Å²) < 4.78 is 2.52. The van der Waals surface area contributed by atoms with Crippen LogP contribution < -0.4 is 4.90 Å². The maximum atomic E-state index is 2.52. The van der Waals surface area contributed by atoms with Crippen LogP contribution in [0.2, 0.25) is 0 Å². The predicted octanol–water partition coefficient (Wildman–Crippen LogP) is 17.6. The van der Waals surface area contributed by atoms with Crippen molar-refractivity contribution in [1.82, 2.24) is 4.57 Å². The molecule has 0 atom stereocenters. The number of anilines is 3. The Balaban J connectivity index is 0.915. The lowest BCUT2D eigenvalue weighted by molar-refractivity contribution is 0.794. The van der Waals surface area contributed by atoms with Crippen LogP contribution in [0, 0.1) is 0 Å². The van der Waals surface area contributed by atoms with E-state index in [1.807, 2.05) is 0 Å². The molecule has 1 heterocycles. The van der Waals surface area contributed by atoms with E-state index in [1.165, 1.54) is 99.7 Å². The fourth-order valence-corrected chi connectivity index (χ4v) is 11.8. The van der Waals surface area contributed by atoms with Crippen LogP contribution in [0.25, 0.3) is 83.1 Å². The highest BCUT2D eigenvalue weighted by Crippen LogP contribution is 2.64. The molecule has 0 saturated carbocycles. The average molecular weight is 877 g/mol. The molecule has 322 valence electrons. The summed E-state index contributed by atoms with van der Waals surface area (Å²) in [6, 6.07) is 98.2. The highest BCUT2D eigenvalue weighted by Gasteiger charge is 2.52. The molecule has 0 radical (unpaired) electrons. The van der Waals surface area contributed by atoms with Gasteiger partial charge in [0.15, 0.2) is 0 Å². The van der Waals surface area contributed by atoms with E-state index in [1.54, 1.807) is 0 Å². The van der Waals surface area contributed by atoms with Gasteiger partial charge in [-0.3, -0.25) is 0 Å². The Kier molecular flexibility index (Phi) is 8.84. The quantitative estimate of drug-likeness (QED) is 0.155. The minimum absolute atomic E-state index is 0.417. The topological polar surface area (TPSA) is 8.17 Å². The fourth-order valence-electron chi connectivity index (χ4n) is 11.8. The largest absolute Gasteiger partial charge is 0.311 e. The van der Waals surface area contributed by atoms with Gasteiger partial charge in [-0.2, -0.15) is 0 Å². The van der Waals surface area contributed by atoms with Crippen LogP contribution in [0.3, 0.4) is 0 Å². The van der Waals surface area contributed by atoms with Crippen molar-refractivity contribution in [3.63, 3.8) is 0 Å². The van der Waals surface area contributed by atoms with Crippen molar-refractivity contribution < 1.29 is 0 Å². The summed E-state index contributed by atoms with van der Waals surface area (Å²) in [4.78, 5) is 2.36. The molecular weight excluding hydrogens is 833 g/mol. The van der Waals surface area contributed by atoms with Gasteiger partial charge in [-0.15, -0.1) is 0 Å². The predicted molar refractivity (Wildman–Crippen MR) is 288 cm³/mol. The number of nitrogens with zero attached hydrogens (tertiary/aromatic N) is 2. The molecule has 14 rings (SSSR count). The summed E-state index contributed by atoms with van der Waals surface area (Å²) >= 11 is 0. The van der Waals surface area contributed by atoms with Crippen LogP contribution in [-0.4, -0.2) is 4.57 Å². The molecule has 69 heavy (non-hydrogen) atoms. The van der Waals surface area contributed by atoms with Gasteiger partial charge < -0.3 is 9.47 Å². The van der Waals surface area contributed by atoms with Gasteiger partial charge in [-0.05, 0) is 133 Å². The van der Waals surface area contributed by atoms with E-state index in [9.17, 15) is 0 Å². The highest BCUT2D eigenvalue weighted by atomic mass is 15.1. The lowest BCUT2D eigenvalue weighted by Gasteiger charge is -2.30. The zero-order chi connectivity index (χ0) is 45.5. The molecule has 11 aromatic carbocycles. The third-order valence-corrected chi connectivity index (χ3v) is 14.8. The maximum Gasteiger partial charge on any atom is 0.0726 e. The average Bonchev–Trinajstić information content (AvgIpc) is 4.04. The third kappa shape index (κ3) is 5.92. The summed E-state index contributed by atoms with van der Waals surface area (Å²) in [6.07, 6.45) is 0. The first-order chi connectivity index (χ1) is 34.2. The molecule has 2 heteroatoms. The van der Waals surface area contributed by atoms with E-state index in [0.717, 1.165) is 22.7 Å². The van der Waals surface area contributed by atoms with Crippen molar-refractivity contribution in [3.8, 4) is 61.3 Å². The highest BCUT2D eigenvalue weighted by molar-refractivity contribution is 6.17. The molecule has 0 bridgehead atoms. The van der Waals surface area contributed by atoms with Crippen molar-refractivity contribution in [1.29, 1.82) is 0 Å². The Morgan fingerprint density at radius 1 is 0.290 bits per heavy atom. The molecule has 0 N–H and O–H groups in total. The van der Waals surface area contributed by atoms with Gasteiger partial charge in [-0.1, -0.05) is 206 Å². The van der Waals surface area contributed by atoms with Gasteiger partial charge >= 0.3 is 0 Å². The summed E-state index contributed by atoms with van der Waals surface area (Å²) in [6.45, 7) is 0. The number of rotatable bonds is 7. The maximum absolute atomic E-state index is 2.52. The first-order valence-electron chi connectivity index (χ1n) is 23.9. The number of hydrogen-bond acceptors (Lipinski definition) is 1. The Bertz CT molecular complexity index is 3780. The third-order valence-electron chi connectivity index (χ3n) is 14.8. The molecule has 12 aromatic rings. The van der Waals surface area contributed by atoms with E-state index >= 15 is 0 Å².